The molecule has 0 aliphatic carbocycles. The van der Waals surface area contributed by atoms with Gasteiger partial charge in [0.2, 0.25) is 17.7 Å². The maximum Gasteiger partial charge on any atom is 0.253 e. The predicted octanol–water partition coefficient (Wildman–Crippen LogP) is 2.58. The summed E-state index contributed by atoms with van der Waals surface area (Å²) in [5.74, 6) is -1.28. The highest BCUT2D eigenvalue weighted by atomic mass is 32.1. The van der Waals surface area contributed by atoms with Crippen molar-refractivity contribution in [2.75, 3.05) is 18.4 Å². The summed E-state index contributed by atoms with van der Waals surface area (Å²) < 4.78 is 0. The molecule has 0 radical (unpaired) electrons. The number of amides is 5. The summed E-state index contributed by atoms with van der Waals surface area (Å²) in [5.41, 5.74) is 1.50. The van der Waals surface area contributed by atoms with Crippen LogP contribution in [-0.4, -0.2) is 53.6 Å². The molecule has 1 aromatic rings. The number of imide groups is 1. The van der Waals surface area contributed by atoms with Crippen LogP contribution < -0.4 is 16.0 Å². The lowest BCUT2D eigenvalue weighted by Gasteiger charge is -2.16. The van der Waals surface area contributed by atoms with Crippen molar-refractivity contribution < 1.29 is 24.0 Å². The van der Waals surface area contributed by atoms with Crippen molar-refractivity contribution in [3.63, 3.8) is 0 Å². The van der Waals surface area contributed by atoms with E-state index in [0.29, 0.717) is 37.2 Å². The number of hydrogen-bond acceptors (Lipinski definition) is 6. The number of thiol groups is 1. The average Bonchev–Trinajstić information content (AvgIpc) is 3.15. The van der Waals surface area contributed by atoms with Gasteiger partial charge >= 0.3 is 0 Å². The highest BCUT2D eigenvalue weighted by Crippen LogP contribution is 2.17. The van der Waals surface area contributed by atoms with Crippen molar-refractivity contribution in [2.45, 2.75) is 64.7 Å². The molecule has 0 bridgehead atoms. The van der Waals surface area contributed by atoms with Crippen molar-refractivity contribution in [1.29, 1.82) is 0 Å². The lowest BCUT2D eigenvalue weighted by Crippen LogP contribution is -2.45. The molecule has 1 aliphatic rings. The molecule has 1 aromatic carbocycles. The Labute approximate surface area is 212 Å². The Hall–Kier alpha value is -3.14. The molecule has 3 N–H and O–H groups in total. The first-order valence-corrected chi connectivity index (χ1v) is 12.5. The minimum atomic E-state index is -0.780. The van der Waals surface area contributed by atoms with Crippen molar-refractivity contribution in [2.24, 2.45) is 0 Å². The molecule has 35 heavy (non-hydrogen) atoms. The van der Waals surface area contributed by atoms with E-state index in [1.807, 2.05) is 12.1 Å². The number of carbonyl (C=O) groups is 5. The summed E-state index contributed by atoms with van der Waals surface area (Å²) in [7, 11) is 0. The summed E-state index contributed by atoms with van der Waals surface area (Å²) >= 11 is 4.23. The maximum atomic E-state index is 12.3. The van der Waals surface area contributed by atoms with Crippen LogP contribution in [0.15, 0.2) is 36.4 Å². The molecular weight excluding hydrogens is 468 g/mol. The number of carbonyl (C=O) groups excluding carboxylic acids is 5. The molecule has 0 saturated heterocycles. The van der Waals surface area contributed by atoms with Crippen LogP contribution in [0.25, 0.3) is 0 Å². The molecule has 0 spiro atoms. The van der Waals surface area contributed by atoms with Gasteiger partial charge in [0.1, 0.15) is 6.04 Å². The molecule has 0 aromatic heterocycles. The molecule has 10 heteroatoms. The lowest BCUT2D eigenvalue weighted by atomic mass is 10.2. The smallest absolute Gasteiger partial charge is 0.253 e. The van der Waals surface area contributed by atoms with Crippen LogP contribution in [0, 0.1) is 0 Å². The zero-order chi connectivity index (χ0) is 26.2. The Balaban J connectivity index is 0.00000194. The summed E-state index contributed by atoms with van der Waals surface area (Å²) in [6.07, 6.45) is 5.81. The number of nitrogens with zero attached hydrogens (tertiary/aromatic N) is 1. The topological polar surface area (TPSA) is 125 Å². The van der Waals surface area contributed by atoms with Gasteiger partial charge in [0.15, 0.2) is 0 Å². The highest BCUT2D eigenvalue weighted by molar-refractivity contribution is 7.79. The third-order valence-electron chi connectivity index (χ3n) is 4.85. The first-order chi connectivity index (χ1) is 16.7. The fourth-order valence-corrected chi connectivity index (χ4v) is 3.31. The van der Waals surface area contributed by atoms with Crippen LogP contribution >= 0.6 is 12.6 Å². The van der Waals surface area contributed by atoms with Crippen LogP contribution in [0.2, 0.25) is 0 Å². The first-order valence-electron chi connectivity index (χ1n) is 11.8. The third kappa shape index (κ3) is 11.2. The van der Waals surface area contributed by atoms with E-state index >= 15 is 0 Å². The van der Waals surface area contributed by atoms with Gasteiger partial charge in [-0.1, -0.05) is 44.9 Å². The maximum absolute atomic E-state index is 12.3. The van der Waals surface area contributed by atoms with Gasteiger partial charge in [-0.05, 0) is 31.4 Å². The Bertz CT molecular complexity index is 901. The first kappa shape index (κ1) is 29.9. The van der Waals surface area contributed by atoms with E-state index in [9.17, 15) is 24.0 Å². The predicted molar refractivity (Wildman–Crippen MR) is 139 cm³/mol. The highest BCUT2D eigenvalue weighted by Gasteiger charge is 2.22. The molecule has 1 heterocycles. The average molecular weight is 505 g/mol. The SMILES string of the molecule is CC(NC(=O)CNC(=O)CCCCCN1C(=O)C=CC1=O)C(=O)Nc1ccccc1CS.CCC. The standard InChI is InChI=1S/C22H28N4O5S.C3H8/c1-15(22(31)25-17-8-5-4-7-16(17)14-32)24-19(28)13-23-18(27)9-3-2-6-12-26-20(29)10-11-21(26)30;1-3-2/h4-5,7-8,10-11,15,32H,2-3,6,9,12-14H2,1H3,(H,23,27)(H,24,28)(H,25,31);3H2,1-2H3. The van der Waals surface area contributed by atoms with Gasteiger partial charge in [0, 0.05) is 36.6 Å². The second-order valence-corrected chi connectivity index (χ2v) is 8.37. The zero-order valence-corrected chi connectivity index (χ0v) is 21.5. The van der Waals surface area contributed by atoms with Crippen molar-refractivity contribution in [1.82, 2.24) is 15.5 Å². The molecule has 9 nitrogen and oxygen atoms in total. The lowest BCUT2D eigenvalue weighted by molar-refractivity contribution is -0.137. The number of nitrogens with one attached hydrogen (secondary N) is 3. The summed E-state index contributed by atoms with van der Waals surface area (Å²) in [5, 5.41) is 7.83. The molecule has 1 atom stereocenters. The molecule has 5 amide bonds. The van der Waals surface area contributed by atoms with E-state index in [0.717, 1.165) is 5.56 Å². The van der Waals surface area contributed by atoms with Crippen molar-refractivity contribution >= 4 is 47.9 Å². The van der Waals surface area contributed by atoms with Crippen molar-refractivity contribution in [3.05, 3.63) is 42.0 Å². The van der Waals surface area contributed by atoms with E-state index in [4.69, 9.17) is 0 Å². The van der Waals surface area contributed by atoms with E-state index in [-0.39, 0.29) is 36.6 Å². The monoisotopic (exact) mass is 504 g/mol. The van der Waals surface area contributed by atoms with Gasteiger partial charge < -0.3 is 16.0 Å². The van der Waals surface area contributed by atoms with Gasteiger partial charge in [-0.2, -0.15) is 12.6 Å². The van der Waals surface area contributed by atoms with Crippen LogP contribution in [0.3, 0.4) is 0 Å². The van der Waals surface area contributed by atoms with E-state index < -0.39 is 11.9 Å². The largest absolute Gasteiger partial charge is 0.347 e. The number of unbranched alkanes of at least 4 members (excludes halogenated alkanes) is 2. The van der Waals surface area contributed by atoms with E-state index in [2.05, 4.69) is 42.4 Å². The zero-order valence-electron chi connectivity index (χ0n) is 20.6. The van der Waals surface area contributed by atoms with Crippen molar-refractivity contribution in [3.8, 4) is 0 Å². The molecule has 192 valence electrons. The fraction of sp³-hybridized carbons (Fsp3) is 0.480. The van der Waals surface area contributed by atoms with Gasteiger partial charge in [-0.25, -0.2) is 0 Å². The number of benzene rings is 1. The van der Waals surface area contributed by atoms with E-state index in [1.165, 1.54) is 23.5 Å². The summed E-state index contributed by atoms with van der Waals surface area (Å²) in [6.45, 7) is 5.91. The van der Waals surface area contributed by atoms with Crippen LogP contribution in [0.4, 0.5) is 5.69 Å². The van der Waals surface area contributed by atoms with Crippen LogP contribution in [-0.2, 0) is 29.7 Å². The Morgan fingerprint density at radius 2 is 1.60 bits per heavy atom. The summed E-state index contributed by atoms with van der Waals surface area (Å²) in [6, 6.07) is 6.48. The Kier molecular flexibility index (Phi) is 14.1. The minimum absolute atomic E-state index is 0.226. The number of anilines is 1. The quantitative estimate of drug-likeness (QED) is 0.198. The van der Waals surface area contributed by atoms with Gasteiger partial charge in [-0.3, -0.25) is 28.9 Å². The Morgan fingerprint density at radius 3 is 2.23 bits per heavy atom. The second kappa shape index (κ2) is 16.5. The molecule has 1 aliphatic heterocycles. The number of para-hydroxylation sites is 1. The van der Waals surface area contributed by atoms with Crippen LogP contribution in [0.5, 0.6) is 0 Å². The fourth-order valence-electron chi connectivity index (χ4n) is 3.03. The van der Waals surface area contributed by atoms with Gasteiger partial charge in [-0.15, -0.1) is 0 Å². The van der Waals surface area contributed by atoms with E-state index in [1.54, 1.807) is 19.1 Å². The Morgan fingerprint density at radius 1 is 0.971 bits per heavy atom. The molecular formula is C25H36N4O5S. The molecule has 0 fully saturated rings. The third-order valence-corrected chi connectivity index (χ3v) is 5.19. The molecule has 1 unspecified atom stereocenters. The van der Waals surface area contributed by atoms with Gasteiger partial charge in [0.05, 0.1) is 6.54 Å². The normalized spacial score (nSPS) is 13.1. The van der Waals surface area contributed by atoms with Crippen LogP contribution in [0.1, 0.15) is 58.4 Å². The van der Waals surface area contributed by atoms with Gasteiger partial charge in [0.25, 0.3) is 11.8 Å². The number of hydrogen-bond donors (Lipinski definition) is 4. The number of rotatable bonds is 12. The molecule has 2 rings (SSSR count). The summed E-state index contributed by atoms with van der Waals surface area (Å²) in [4.78, 5) is 60.3. The molecule has 0 saturated carbocycles. The minimum Gasteiger partial charge on any atom is -0.347 e. The second-order valence-electron chi connectivity index (χ2n) is 8.05.